The second-order valence-corrected chi connectivity index (χ2v) is 8.13. The zero-order valence-electron chi connectivity index (χ0n) is 10.7. The molecule has 21 heavy (non-hydrogen) atoms. The molecule has 1 heterocycles. The number of halogens is 3. The first kappa shape index (κ1) is 16.7. The van der Waals surface area contributed by atoms with E-state index in [4.69, 9.17) is 39.5 Å². The highest BCUT2D eigenvalue weighted by molar-refractivity contribution is 7.91. The van der Waals surface area contributed by atoms with Crippen molar-refractivity contribution in [1.82, 2.24) is 5.32 Å². The Morgan fingerprint density at radius 1 is 1.29 bits per heavy atom. The van der Waals surface area contributed by atoms with Crippen molar-refractivity contribution in [3.05, 3.63) is 27.2 Å². The van der Waals surface area contributed by atoms with Crippen molar-refractivity contribution in [3.8, 4) is 5.75 Å². The Labute approximate surface area is 137 Å². The molecule has 116 valence electrons. The van der Waals surface area contributed by atoms with Gasteiger partial charge in [-0.15, -0.1) is 0 Å². The predicted molar refractivity (Wildman–Crippen MR) is 82.2 cm³/mol. The maximum absolute atomic E-state index is 11.7. The molecule has 1 aromatic rings. The van der Waals surface area contributed by atoms with Crippen LogP contribution in [0.5, 0.6) is 5.75 Å². The number of carbonyl (C=O) groups is 1. The van der Waals surface area contributed by atoms with E-state index in [1.54, 1.807) is 0 Å². The van der Waals surface area contributed by atoms with E-state index in [-0.39, 0.29) is 39.9 Å². The molecule has 1 atom stereocenters. The molecule has 0 unspecified atom stereocenters. The fourth-order valence-corrected chi connectivity index (χ4v) is 4.58. The van der Waals surface area contributed by atoms with Gasteiger partial charge in [0.25, 0.3) is 5.91 Å². The van der Waals surface area contributed by atoms with Gasteiger partial charge in [0, 0.05) is 11.1 Å². The number of amides is 1. The van der Waals surface area contributed by atoms with Crippen LogP contribution < -0.4 is 10.1 Å². The van der Waals surface area contributed by atoms with Gasteiger partial charge in [0.05, 0.1) is 21.6 Å². The minimum atomic E-state index is -3.04. The lowest BCUT2D eigenvalue weighted by molar-refractivity contribution is -0.123. The molecule has 0 radical (unpaired) electrons. The molecule has 1 aliphatic heterocycles. The van der Waals surface area contributed by atoms with Crippen LogP contribution in [0.25, 0.3) is 0 Å². The van der Waals surface area contributed by atoms with E-state index in [9.17, 15) is 13.2 Å². The number of carbonyl (C=O) groups excluding carboxylic acids is 1. The van der Waals surface area contributed by atoms with Crippen LogP contribution in [-0.2, 0) is 14.6 Å². The van der Waals surface area contributed by atoms with Crippen LogP contribution in [0.1, 0.15) is 6.42 Å². The van der Waals surface area contributed by atoms with Crippen LogP contribution >= 0.6 is 34.8 Å². The largest absolute Gasteiger partial charge is 0.481 e. The third-order valence-electron chi connectivity index (χ3n) is 2.91. The molecule has 1 N–H and O–H groups in total. The quantitative estimate of drug-likeness (QED) is 0.880. The van der Waals surface area contributed by atoms with Crippen molar-refractivity contribution >= 4 is 50.5 Å². The maximum atomic E-state index is 11.7. The lowest BCUT2D eigenvalue weighted by Crippen LogP contribution is -2.38. The monoisotopic (exact) mass is 371 g/mol. The third-order valence-corrected chi connectivity index (χ3v) is 5.46. The Morgan fingerprint density at radius 3 is 2.43 bits per heavy atom. The molecule has 1 amide bonds. The molecule has 5 nitrogen and oxygen atoms in total. The SMILES string of the molecule is O=C(COc1c(Cl)cc(Cl)cc1Cl)N[C@@H]1CCS(=O)(=O)C1. The summed E-state index contributed by atoms with van der Waals surface area (Å²) in [6.45, 7) is -0.308. The summed E-state index contributed by atoms with van der Waals surface area (Å²) >= 11 is 17.6. The zero-order chi connectivity index (χ0) is 15.6. The number of hydrogen-bond acceptors (Lipinski definition) is 4. The van der Waals surface area contributed by atoms with Crippen molar-refractivity contribution < 1.29 is 17.9 Å². The summed E-state index contributed by atoms with van der Waals surface area (Å²) < 4.78 is 27.8. The second-order valence-electron chi connectivity index (χ2n) is 4.65. The molecule has 0 saturated carbocycles. The van der Waals surface area contributed by atoms with Crippen molar-refractivity contribution in [2.75, 3.05) is 18.1 Å². The fourth-order valence-electron chi connectivity index (χ4n) is 1.98. The number of rotatable bonds is 4. The molecular formula is C12H12Cl3NO4S. The highest BCUT2D eigenvalue weighted by atomic mass is 35.5. The summed E-state index contributed by atoms with van der Waals surface area (Å²) in [6.07, 6.45) is 0.413. The molecule has 1 saturated heterocycles. The standard InChI is InChI=1S/C12H12Cl3NO4S/c13-7-3-9(14)12(10(15)4-7)20-5-11(17)16-8-1-2-21(18,19)6-8/h3-4,8H,1-2,5-6H2,(H,16,17)/t8-/m1/s1. The minimum Gasteiger partial charge on any atom is -0.481 e. The van der Waals surface area contributed by atoms with Gasteiger partial charge < -0.3 is 10.1 Å². The van der Waals surface area contributed by atoms with E-state index in [1.807, 2.05) is 0 Å². The molecular weight excluding hydrogens is 361 g/mol. The van der Waals surface area contributed by atoms with Gasteiger partial charge in [0.15, 0.2) is 22.2 Å². The first-order valence-electron chi connectivity index (χ1n) is 6.04. The Morgan fingerprint density at radius 2 is 1.90 bits per heavy atom. The number of nitrogens with one attached hydrogen (secondary N) is 1. The smallest absolute Gasteiger partial charge is 0.258 e. The summed E-state index contributed by atoms with van der Waals surface area (Å²) in [7, 11) is -3.04. The van der Waals surface area contributed by atoms with Crippen LogP contribution in [0.15, 0.2) is 12.1 Å². The van der Waals surface area contributed by atoms with Crippen LogP contribution in [0.4, 0.5) is 0 Å². The lowest BCUT2D eigenvalue weighted by Gasteiger charge is -2.13. The number of benzene rings is 1. The first-order valence-corrected chi connectivity index (χ1v) is 8.99. The minimum absolute atomic E-state index is 0.0405. The summed E-state index contributed by atoms with van der Waals surface area (Å²) in [5.74, 6) is -0.217. The fraction of sp³-hybridized carbons (Fsp3) is 0.417. The normalized spacial score (nSPS) is 20.2. The average molecular weight is 373 g/mol. The van der Waals surface area contributed by atoms with E-state index >= 15 is 0 Å². The number of hydrogen-bond donors (Lipinski definition) is 1. The number of sulfone groups is 1. The van der Waals surface area contributed by atoms with Gasteiger partial charge in [0.2, 0.25) is 0 Å². The van der Waals surface area contributed by atoms with Crippen LogP contribution in [-0.4, -0.2) is 38.5 Å². The molecule has 2 rings (SSSR count). The van der Waals surface area contributed by atoms with E-state index in [0.717, 1.165) is 0 Å². The molecule has 1 aliphatic rings. The predicted octanol–water partition coefficient (Wildman–Crippen LogP) is 2.33. The van der Waals surface area contributed by atoms with Crippen LogP contribution in [0.2, 0.25) is 15.1 Å². The summed E-state index contributed by atoms with van der Waals surface area (Å²) in [5.41, 5.74) is 0. The van der Waals surface area contributed by atoms with E-state index in [2.05, 4.69) is 5.32 Å². The van der Waals surface area contributed by atoms with Gasteiger partial charge >= 0.3 is 0 Å². The molecule has 1 fully saturated rings. The summed E-state index contributed by atoms with van der Waals surface area (Å²) in [5, 5.41) is 3.35. The van der Waals surface area contributed by atoms with Gasteiger partial charge in [-0.2, -0.15) is 0 Å². The topological polar surface area (TPSA) is 72.5 Å². The molecule has 1 aromatic carbocycles. The highest BCUT2D eigenvalue weighted by Gasteiger charge is 2.29. The first-order chi connectivity index (χ1) is 9.77. The van der Waals surface area contributed by atoms with Gasteiger partial charge in [-0.1, -0.05) is 34.8 Å². The van der Waals surface area contributed by atoms with Gasteiger partial charge in [-0.3, -0.25) is 4.79 Å². The lowest BCUT2D eigenvalue weighted by atomic mass is 10.2. The van der Waals surface area contributed by atoms with Crippen LogP contribution in [0.3, 0.4) is 0 Å². The highest BCUT2D eigenvalue weighted by Crippen LogP contribution is 2.35. The Hall–Kier alpha value is -0.690. The Balaban J connectivity index is 1.90. The van der Waals surface area contributed by atoms with Crippen LogP contribution in [0, 0.1) is 0 Å². The molecule has 0 spiro atoms. The van der Waals surface area contributed by atoms with E-state index in [1.165, 1.54) is 12.1 Å². The average Bonchev–Trinajstić information content (AvgIpc) is 2.67. The van der Waals surface area contributed by atoms with Gasteiger partial charge in [-0.25, -0.2) is 8.42 Å². The third kappa shape index (κ3) is 4.64. The molecule has 0 bridgehead atoms. The summed E-state index contributed by atoms with van der Waals surface area (Å²) in [4.78, 5) is 11.7. The maximum Gasteiger partial charge on any atom is 0.258 e. The molecule has 0 aromatic heterocycles. The van der Waals surface area contributed by atoms with Gasteiger partial charge in [0.1, 0.15) is 0 Å². The van der Waals surface area contributed by atoms with E-state index < -0.39 is 15.7 Å². The van der Waals surface area contributed by atoms with Crippen molar-refractivity contribution in [3.63, 3.8) is 0 Å². The Bertz CT molecular complexity index is 639. The summed E-state index contributed by atoms with van der Waals surface area (Å²) in [6, 6.07) is 2.53. The second kappa shape index (κ2) is 6.60. The van der Waals surface area contributed by atoms with Gasteiger partial charge in [-0.05, 0) is 18.6 Å². The Kier molecular flexibility index (Phi) is 5.24. The van der Waals surface area contributed by atoms with Crippen molar-refractivity contribution in [1.29, 1.82) is 0 Å². The number of ether oxygens (including phenoxy) is 1. The molecule has 0 aliphatic carbocycles. The zero-order valence-corrected chi connectivity index (χ0v) is 13.8. The van der Waals surface area contributed by atoms with E-state index in [0.29, 0.717) is 11.4 Å². The molecule has 9 heteroatoms. The van der Waals surface area contributed by atoms with Crippen molar-refractivity contribution in [2.24, 2.45) is 0 Å². The van der Waals surface area contributed by atoms with Crippen molar-refractivity contribution in [2.45, 2.75) is 12.5 Å².